The first kappa shape index (κ1) is 31.9. The molecule has 1 aliphatic heterocycles. The molecule has 0 spiro atoms. The molecule has 0 aromatic heterocycles. The van der Waals surface area contributed by atoms with Crippen LogP contribution in [0.3, 0.4) is 0 Å². The summed E-state index contributed by atoms with van der Waals surface area (Å²) in [5, 5.41) is 0. The van der Waals surface area contributed by atoms with E-state index in [1.54, 1.807) is 0 Å². The molecule has 0 bridgehead atoms. The molecule has 0 N–H and O–H groups in total. The van der Waals surface area contributed by atoms with Gasteiger partial charge in [-0.2, -0.15) is 50.5 Å². The van der Waals surface area contributed by atoms with Crippen LogP contribution in [0.25, 0.3) is 0 Å². The second-order valence-corrected chi connectivity index (χ2v) is 11.8. The maximum atomic E-state index is 5.84. The van der Waals surface area contributed by atoms with Crippen molar-refractivity contribution in [3.8, 4) is 11.5 Å². The lowest BCUT2D eigenvalue weighted by molar-refractivity contribution is 0.0284. The van der Waals surface area contributed by atoms with E-state index >= 15 is 0 Å². The zero-order valence-electron chi connectivity index (χ0n) is 22.6. The number of piperazine rings is 1. The van der Waals surface area contributed by atoms with Gasteiger partial charge >= 0.3 is 0 Å². The predicted molar refractivity (Wildman–Crippen MR) is 176 cm³/mol. The maximum Gasteiger partial charge on any atom is 0.119 e. The zero-order chi connectivity index (χ0) is 27.0. The lowest BCUT2D eigenvalue weighted by Crippen LogP contribution is -2.59. The van der Waals surface area contributed by atoms with Crippen molar-refractivity contribution < 1.29 is 9.47 Å². The SMILES string of the molecule is SCCCOc1ccc(C[C@@H]2CN(CCCS)[C@H](Cc3ccc(OCCCS)cc3)CN2CCCS)cc1. The summed E-state index contributed by atoms with van der Waals surface area (Å²) < 4.78 is 11.7. The largest absolute Gasteiger partial charge is 0.494 e. The van der Waals surface area contributed by atoms with Gasteiger partial charge in [-0.3, -0.25) is 9.80 Å². The summed E-state index contributed by atoms with van der Waals surface area (Å²) in [6, 6.07) is 18.4. The van der Waals surface area contributed by atoms with Crippen molar-refractivity contribution in [1.82, 2.24) is 9.80 Å². The van der Waals surface area contributed by atoms with Crippen LogP contribution in [0.2, 0.25) is 0 Å². The predicted octanol–water partition coefficient (Wildman–Crippen LogP) is 5.86. The third kappa shape index (κ3) is 11.1. The van der Waals surface area contributed by atoms with E-state index in [0.29, 0.717) is 12.1 Å². The number of thiol groups is 4. The highest BCUT2D eigenvalue weighted by atomic mass is 32.1. The van der Waals surface area contributed by atoms with Gasteiger partial charge in [0.05, 0.1) is 13.2 Å². The number of benzene rings is 2. The maximum absolute atomic E-state index is 5.84. The van der Waals surface area contributed by atoms with E-state index < -0.39 is 0 Å². The summed E-state index contributed by atoms with van der Waals surface area (Å²) in [4.78, 5) is 5.42. The van der Waals surface area contributed by atoms with Crippen LogP contribution in [0.15, 0.2) is 48.5 Å². The van der Waals surface area contributed by atoms with Crippen molar-refractivity contribution in [1.29, 1.82) is 0 Å². The summed E-state index contributed by atoms with van der Waals surface area (Å²) >= 11 is 17.6. The molecule has 1 heterocycles. The molecule has 1 fully saturated rings. The molecule has 1 aliphatic rings. The van der Waals surface area contributed by atoms with Gasteiger partial charge in [0, 0.05) is 25.2 Å². The molecule has 0 radical (unpaired) electrons. The summed E-state index contributed by atoms with van der Waals surface area (Å²) in [6.45, 7) is 5.78. The van der Waals surface area contributed by atoms with E-state index in [0.717, 1.165) is 112 Å². The quantitative estimate of drug-likeness (QED) is 0.128. The van der Waals surface area contributed by atoms with Crippen molar-refractivity contribution in [2.24, 2.45) is 0 Å². The Morgan fingerprint density at radius 1 is 0.553 bits per heavy atom. The lowest BCUT2D eigenvalue weighted by atomic mass is 9.95. The molecule has 0 aliphatic carbocycles. The first-order valence-electron chi connectivity index (χ1n) is 14.0. The van der Waals surface area contributed by atoms with Crippen LogP contribution in [-0.4, -0.2) is 84.3 Å². The van der Waals surface area contributed by atoms with Gasteiger partial charge < -0.3 is 9.47 Å². The fraction of sp³-hybridized carbons (Fsp3) is 0.600. The van der Waals surface area contributed by atoms with Gasteiger partial charge in [0.25, 0.3) is 0 Å². The Bertz CT molecular complexity index is 811. The highest BCUT2D eigenvalue weighted by Gasteiger charge is 2.33. The molecule has 8 heteroatoms. The molecule has 3 rings (SSSR count). The van der Waals surface area contributed by atoms with Crippen LogP contribution in [-0.2, 0) is 12.8 Å². The van der Waals surface area contributed by atoms with E-state index in [-0.39, 0.29) is 0 Å². The molecule has 212 valence electrons. The average molecular weight is 595 g/mol. The summed E-state index contributed by atoms with van der Waals surface area (Å²) in [5.74, 6) is 5.43. The highest BCUT2D eigenvalue weighted by molar-refractivity contribution is 7.80. The molecule has 38 heavy (non-hydrogen) atoms. The minimum atomic E-state index is 0.490. The van der Waals surface area contributed by atoms with Crippen LogP contribution in [0.1, 0.15) is 36.8 Å². The van der Waals surface area contributed by atoms with Gasteiger partial charge in [-0.15, -0.1) is 0 Å². The molecular weight excluding hydrogens is 549 g/mol. The van der Waals surface area contributed by atoms with E-state index in [9.17, 15) is 0 Å². The first-order chi connectivity index (χ1) is 18.7. The molecule has 4 nitrogen and oxygen atoms in total. The topological polar surface area (TPSA) is 24.9 Å². The Labute approximate surface area is 252 Å². The molecule has 0 unspecified atom stereocenters. The van der Waals surface area contributed by atoms with Gasteiger partial charge in [-0.25, -0.2) is 0 Å². The Hall–Kier alpha value is -0.640. The van der Waals surface area contributed by atoms with E-state index in [4.69, 9.17) is 9.47 Å². The zero-order valence-corrected chi connectivity index (χ0v) is 26.2. The van der Waals surface area contributed by atoms with Gasteiger partial charge in [0.15, 0.2) is 0 Å². The van der Waals surface area contributed by atoms with Crippen LogP contribution < -0.4 is 9.47 Å². The van der Waals surface area contributed by atoms with E-state index in [1.807, 2.05) is 0 Å². The number of hydrogen-bond donors (Lipinski definition) is 4. The number of ether oxygens (including phenoxy) is 2. The Balaban J connectivity index is 1.67. The Morgan fingerprint density at radius 3 is 1.26 bits per heavy atom. The third-order valence-electron chi connectivity index (χ3n) is 7.06. The van der Waals surface area contributed by atoms with E-state index in [1.165, 1.54) is 11.1 Å². The lowest BCUT2D eigenvalue weighted by Gasteiger charge is -2.47. The summed E-state index contributed by atoms with van der Waals surface area (Å²) in [7, 11) is 0. The second kappa shape index (κ2) is 18.7. The van der Waals surface area contributed by atoms with Crippen LogP contribution in [0, 0.1) is 0 Å². The molecule has 1 saturated heterocycles. The van der Waals surface area contributed by atoms with Crippen molar-refractivity contribution in [2.75, 3.05) is 62.4 Å². The van der Waals surface area contributed by atoms with Crippen LogP contribution >= 0.6 is 50.5 Å². The number of rotatable bonds is 18. The monoisotopic (exact) mass is 594 g/mol. The van der Waals surface area contributed by atoms with Crippen molar-refractivity contribution >= 4 is 50.5 Å². The fourth-order valence-electron chi connectivity index (χ4n) is 5.05. The van der Waals surface area contributed by atoms with Crippen molar-refractivity contribution in [2.45, 2.75) is 50.6 Å². The second-order valence-electron chi connectivity index (χ2n) is 10.00. The highest BCUT2D eigenvalue weighted by Crippen LogP contribution is 2.24. The third-order valence-corrected chi connectivity index (χ3v) is 8.33. The standard InChI is InChI=1S/C30H46N2O2S4/c35-17-1-13-31-23-28(22-26-7-11-30(12-8-26)34-16-4-20-38)32(14-2-18-36)24-27(31)21-25-5-9-29(10-6-25)33-15-3-19-37/h5-12,27-28,35-38H,1-4,13-24H2/t27-,28-/m1/s1. The van der Waals surface area contributed by atoms with Gasteiger partial charge in [-0.1, -0.05) is 24.3 Å². The van der Waals surface area contributed by atoms with Crippen molar-refractivity contribution in [3.05, 3.63) is 59.7 Å². The molecule has 2 aromatic carbocycles. The number of nitrogens with zero attached hydrogens (tertiary/aromatic N) is 2. The summed E-state index contributed by atoms with van der Waals surface area (Å²) in [6.07, 6.45) is 6.24. The minimum absolute atomic E-state index is 0.490. The molecular formula is C30H46N2O2S4. The van der Waals surface area contributed by atoms with Gasteiger partial charge in [0.2, 0.25) is 0 Å². The van der Waals surface area contributed by atoms with E-state index in [2.05, 4.69) is 109 Å². The van der Waals surface area contributed by atoms with Crippen molar-refractivity contribution in [3.63, 3.8) is 0 Å². The molecule has 2 aromatic rings. The number of hydrogen-bond acceptors (Lipinski definition) is 8. The minimum Gasteiger partial charge on any atom is -0.494 e. The Kier molecular flexibility index (Phi) is 15.7. The fourth-order valence-corrected chi connectivity index (χ4v) is 5.59. The molecule has 0 saturated carbocycles. The molecule has 2 atom stereocenters. The molecule has 0 amide bonds. The smallest absolute Gasteiger partial charge is 0.119 e. The summed E-state index contributed by atoms with van der Waals surface area (Å²) in [5.41, 5.74) is 2.74. The normalized spacial score (nSPS) is 18.5. The van der Waals surface area contributed by atoms with Gasteiger partial charge in [0.1, 0.15) is 11.5 Å². The Morgan fingerprint density at radius 2 is 0.921 bits per heavy atom. The van der Waals surface area contributed by atoms with Crippen LogP contribution in [0.4, 0.5) is 0 Å². The first-order valence-corrected chi connectivity index (χ1v) is 16.5. The average Bonchev–Trinajstić information content (AvgIpc) is 2.94. The van der Waals surface area contributed by atoms with Crippen LogP contribution in [0.5, 0.6) is 11.5 Å². The van der Waals surface area contributed by atoms with Gasteiger partial charge in [-0.05, 0) is 110 Å².